The van der Waals surface area contributed by atoms with Crippen LogP contribution in [0.1, 0.15) is 37.9 Å². The summed E-state index contributed by atoms with van der Waals surface area (Å²) >= 11 is 0. The molecular formula is C12H19N. The first-order valence-electron chi connectivity index (χ1n) is 4.73. The summed E-state index contributed by atoms with van der Waals surface area (Å²) in [7, 11) is 0. The third-order valence-electron chi connectivity index (χ3n) is 2.37. The van der Waals surface area contributed by atoms with Crippen molar-refractivity contribution in [3.05, 3.63) is 35.4 Å². The molecule has 0 radical (unpaired) electrons. The minimum Gasteiger partial charge on any atom is -0.324 e. The van der Waals surface area contributed by atoms with Crippen LogP contribution in [0.25, 0.3) is 0 Å². The van der Waals surface area contributed by atoms with Crippen LogP contribution >= 0.6 is 0 Å². The van der Waals surface area contributed by atoms with Crippen molar-refractivity contribution >= 4 is 0 Å². The van der Waals surface area contributed by atoms with Gasteiger partial charge in [-0.15, -0.1) is 0 Å². The zero-order valence-corrected chi connectivity index (χ0v) is 8.96. The predicted molar refractivity (Wildman–Crippen MR) is 57.6 cm³/mol. The van der Waals surface area contributed by atoms with Crippen LogP contribution in [0.5, 0.6) is 0 Å². The van der Waals surface area contributed by atoms with Gasteiger partial charge in [0.1, 0.15) is 0 Å². The zero-order valence-electron chi connectivity index (χ0n) is 8.96. The predicted octanol–water partition coefficient (Wildman–Crippen LogP) is 3.04. The summed E-state index contributed by atoms with van der Waals surface area (Å²) in [4.78, 5) is 0. The Balaban J connectivity index is 2.90. The molecule has 0 saturated carbocycles. The maximum atomic E-state index is 6.12. The van der Waals surface area contributed by atoms with Gasteiger partial charge in [-0.05, 0) is 17.9 Å². The lowest BCUT2D eigenvalue weighted by Crippen LogP contribution is -2.26. The summed E-state index contributed by atoms with van der Waals surface area (Å²) in [5, 5.41) is 0. The molecule has 0 aliphatic heterocycles. The van der Waals surface area contributed by atoms with Crippen LogP contribution in [0.15, 0.2) is 24.3 Å². The first-order valence-corrected chi connectivity index (χ1v) is 4.73. The molecule has 0 aromatic heterocycles. The van der Waals surface area contributed by atoms with Crippen LogP contribution in [0.4, 0.5) is 0 Å². The van der Waals surface area contributed by atoms with E-state index in [-0.39, 0.29) is 11.5 Å². The van der Waals surface area contributed by atoms with Gasteiger partial charge in [0.05, 0.1) is 0 Å². The van der Waals surface area contributed by atoms with Gasteiger partial charge in [-0.25, -0.2) is 0 Å². The molecule has 72 valence electrons. The monoisotopic (exact) mass is 177 g/mol. The average Bonchev–Trinajstić information content (AvgIpc) is 2.03. The molecule has 0 heterocycles. The summed E-state index contributed by atoms with van der Waals surface area (Å²) in [6.07, 6.45) is 0. The van der Waals surface area contributed by atoms with Gasteiger partial charge >= 0.3 is 0 Å². The van der Waals surface area contributed by atoms with Gasteiger partial charge < -0.3 is 5.73 Å². The Bertz CT molecular complexity index is 266. The number of hydrogen-bond acceptors (Lipinski definition) is 1. The zero-order chi connectivity index (χ0) is 10.1. The first-order chi connectivity index (χ1) is 5.91. The molecule has 0 unspecified atom stereocenters. The van der Waals surface area contributed by atoms with Crippen molar-refractivity contribution in [2.24, 2.45) is 11.1 Å². The molecule has 0 amide bonds. The SMILES string of the molecule is Cc1ccc([C@@H](N)C(C)(C)C)cc1. The molecule has 13 heavy (non-hydrogen) atoms. The van der Waals surface area contributed by atoms with E-state index >= 15 is 0 Å². The molecule has 1 nitrogen and oxygen atoms in total. The molecule has 0 aliphatic rings. The third-order valence-corrected chi connectivity index (χ3v) is 2.37. The summed E-state index contributed by atoms with van der Waals surface area (Å²) in [5.41, 5.74) is 8.76. The molecular weight excluding hydrogens is 158 g/mol. The van der Waals surface area contributed by atoms with E-state index in [4.69, 9.17) is 5.73 Å². The van der Waals surface area contributed by atoms with Crippen molar-refractivity contribution in [3.63, 3.8) is 0 Å². The number of hydrogen-bond donors (Lipinski definition) is 1. The molecule has 0 spiro atoms. The van der Waals surface area contributed by atoms with Gasteiger partial charge in [-0.2, -0.15) is 0 Å². The molecule has 1 aromatic carbocycles. The highest BCUT2D eigenvalue weighted by molar-refractivity contribution is 5.24. The lowest BCUT2D eigenvalue weighted by Gasteiger charge is -2.27. The largest absolute Gasteiger partial charge is 0.324 e. The molecule has 0 saturated heterocycles. The second kappa shape index (κ2) is 3.51. The van der Waals surface area contributed by atoms with Crippen LogP contribution in [-0.4, -0.2) is 0 Å². The van der Waals surface area contributed by atoms with E-state index in [9.17, 15) is 0 Å². The summed E-state index contributed by atoms with van der Waals surface area (Å²) < 4.78 is 0. The second-order valence-corrected chi connectivity index (χ2v) is 4.75. The van der Waals surface area contributed by atoms with E-state index in [0.29, 0.717) is 0 Å². The fraction of sp³-hybridized carbons (Fsp3) is 0.500. The second-order valence-electron chi connectivity index (χ2n) is 4.75. The van der Waals surface area contributed by atoms with E-state index < -0.39 is 0 Å². The number of benzene rings is 1. The first kappa shape index (κ1) is 10.3. The Morgan fingerprint density at radius 2 is 1.54 bits per heavy atom. The van der Waals surface area contributed by atoms with Crippen LogP contribution in [0, 0.1) is 12.3 Å². The van der Waals surface area contributed by atoms with Crippen LogP contribution in [-0.2, 0) is 0 Å². The van der Waals surface area contributed by atoms with E-state index in [1.807, 2.05) is 0 Å². The molecule has 2 N–H and O–H groups in total. The fourth-order valence-electron chi connectivity index (χ4n) is 1.27. The van der Waals surface area contributed by atoms with Crippen LogP contribution in [0.3, 0.4) is 0 Å². The maximum absolute atomic E-state index is 6.12. The van der Waals surface area contributed by atoms with Crippen molar-refractivity contribution in [1.82, 2.24) is 0 Å². The molecule has 1 aromatic rings. The smallest absolute Gasteiger partial charge is 0.0344 e. The molecule has 0 aliphatic carbocycles. The highest BCUT2D eigenvalue weighted by atomic mass is 14.7. The molecule has 0 bridgehead atoms. The van der Waals surface area contributed by atoms with Crippen LogP contribution < -0.4 is 5.73 Å². The van der Waals surface area contributed by atoms with Gasteiger partial charge in [0.25, 0.3) is 0 Å². The van der Waals surface area contributed by atoms with E-state index in [1.54, 1.807) is 0 Å². The van der Waals surface area contributed by atoms with Gasteiger partial charge in [0.15, 0.2) is 0 Å². The molecule has 1 heteroatoms. The fourth-order valence-corrected chi connectivity index (χ4v) is 1.27. The highest BCUT2D eigenvalue weighted by Gasteiger charge is 2.21. The number of nitrogens with two attached hydrogens (primary N) is 1. The van der Waals surface area contributed by atoms with Crippen molar-refractivity contribution in [3.8, 4) is 0 Å². The van der Waals surface area contributed by atoms with Gasteiger partial charge in [0.2, 0.25) is 0 Å². The standard InChI is InChI=1S/C12H19N/c1-9-5-7-10(8-6-9)11(13)12(2,3)4/h5-8,11H,13H2,1-4H3/t11-/m1/s1. The van der Waals surface area contributed by atoms with Crippen molar-refractivity contribution in [2.75, 3.05) is 0 Å². The maximum Gasteiger partial charge on any atom is 0.0344 e. The van der Waals surface area contributed by atoms with Crippen molar-refractivity contribution in [1.29, 1.82) is 0 Å². The molecule has 1 atom stereocenters. The molecule has 0 fully saturated rings. The third kappa shape index (κ3) is 2.56. The Morgan fingerprint density at radius 3 is 1.92 bits per heavy atom. The van der Waals surface area contributed by atoms with Crippen LogP contribution in [0.2, 0.25) is 0 Å². The van der Waals surface area contributed by atoms with Gasteiger partial charge in [-0.3, -0.25) is 0 Å². The van der Waals surface area contributed by atoms with Crippen molar-refractivity contribution in [2.45, 2.75) is 33.7 Å². The topological polar surface area (TPSA) is 26.0 Å². The van der Waals surface area contributed by atoms with E-state index in [1.165, 1.54) is 11.1 Å². The normalized spacial score (nSPS) is 14.2. The van der Waals surface area contributed by atoms with E-state index in [0.717, 1.165) is 0 Å². The van der Waals surface area contributed by atoms with Crippen molar-refractivity contribution < 1.29 is 0 Å². The quantitative estimate of drug-likeness (QED) is 0.701. The van der Waals surface area contributed by atoms with Gasteiger partial charge in [-0.1, -0.05) is 50.6 Å². The highest BCUT2D eigenvalue weighted by Crippen LogP contribution is 2.30. The summed E-state index contributed by atoms with van der Waals surface area (Å²) in [6, 6.07) is 8.58. The molecule has 1 rings (SSSR count). The lowest BCUT2D eigenvalue weighted by atomic mass is 9.83. The Labute approximate surface area is 81.0 Å². The average molecular weight is 177 g/mol. The van der Waals surface area contributed by atoms with E-state index in [2.05, 4.69) is 52.0 Å². The lowest BCUT2D eigenvalue weighted by molar-refractivity contribution is 0.327. The Kier molecular flexibility index (Phi) is 2.77. The minimum absolute atomic E-state index is 0.119. The summed E-state index contributed by atoms with van der Waals surface area (Å²) in [5.74, 6) is 0. The van der Waals surface area contributed by atoms with Gasteiger partial charge in [0, 0.05) is 6.04 Å². The minimum atomic E-state index is 0.119. The Hall–Kier alpha value is -0.820. The number of rotatable bonds is 1. The Morgan fingerprint density at radius 1 is 1.08 bits per heavy atom. The summed E-state index contributed by atoms with van der Waals surface area (Å²) in [6.45, 7) is 8.58. The number of aryl methyl sites for hydroxylation is 1.